The molecule has 0 aliphatic carbocycles. The molecule has 102 valence electrons. The van der Waals surface area contributed by atoms with Gasteiger partial charge in [-0.1, -0.05) is 12.1 Å². The first kappa shape index (κ1) is 12.5. The molecule has 0 aliphatic rings. The second-order valence-electron chi connectivity index (χ2n) is 4.95. The maximum Gasteiger partial charge on any atom is 0.205 e. The number of ether oxygens (including phenoxy) is 1. The van der Waals surface area contributed by atoms with Gasteiger partial charge in [0.2, 0.25) is 5.95 Å². The van der Waals surface area contributed by atoms with Crippen LogP contribution >= 0.6 is 0 Å². The molecule has 0 atom stereocenters. The largest absolute Gasteiger partial charge is 0.491 e. The number of nitrogens with zero attached hydrogens (tertiary/aromatic N) is 2. The van der Waals surface area contributed by atoms with Gasteiger partial charge in [0, 0.05) is 5.69 Å². The maximum atomic E-state index is 6.02. The van der Waals surface area contributed by atoms with Crippen molar-refractivity contribution in [3.63, 3.8) is 0 Å². The van der Waals surface area contributed by atoms with E-state index in [9.17, 15) is 0 Å². The molecular weight excluding hydrogens is 250 g/mol. The summed E-state index contributed by atoms with van der Waals surface area (Å²) in [6.07, 6.45) is 0.167. The third-order valence-corrected chi connectivity index (χ3v) is 3.05. The predicted molar refractivity (Wildman–Crippen MR) is 81.2 cm³/mol. The Bertz CT molecular complexity index is 729. The average molecular weight is 267 g/mol. The lowest BCUT2D eigenvalue weighted by molar-refractivity contribution is 0.242. The fraction of sp³-hybridized carbons (Fsp3) is 0.188. The van der Waals surface area contributed by atoms with Gasteiger partial charge in [0.15, 0.2) is 0 Å². The minimum absolute atomic E-state index is 0.167. The van der Waals surface area contributed by atoms with Crippen molar-refractivity contribution in [2.75, 3.05) is 5.73 Å². The van der Waals surface area contributed by atoms with Crippen molar-refractivity contribution in [1.29, 1.82) is 0 Å². The van der Waals surface area contributed by atoms with E-state index in [0.29, 0.717) is 5.95 Å². The highest BCUT2D eigenvalue weighted by Gasteiger charge is 2.09. The molecule has 1 heterocycles. The predicted octanol–water partition coefficient (Wildman–Crippen LogP) is 3.39. The summed E-state index contributed by atoms with van der Waals surface area (Å²) in [7, 11) is 0. The number of para-hydroxylation sites is 2. The van der Waals surface area contributed by atoms with Gasteiger partial charge in [-0.05, 0) is 50.2 Å². The zero-order chi connectivity index (χ0) is 14.1. The summed E-state index contributed by atoms with van der Waals surface area (Å²) in [6, 6.07) is 15.8. The van der Waals surface area contributed by atoms with Crippen LogP contribution in [0.25, 0.3) is 16.7 Å². The van der Waals surface area contributed by atoms with Crippen LogP contribution in [-0.2, 0) is 0 Å². The third-order valence-electron chi connectivity index (χ3n) is 3.05. The number of benzene rings is 2. The Labute approximate surface area is 117 Å². The highest BCUT2D eigenvalue weighted by molar-refractivity contribution is 5.80. The number of hydrogen-bond donors (Lipinski definition) is 1. The summed E-state index contributed by atoms with van der Waals surface area (Å²) >= 11 is 0. The van der Waals surface area contributed by atoms with Gasteiger partial charge in [-0.3, -0.25) is 4.57 Å². The molecule has 4 heteroatoms. The van der Waals surface area contributed by atoms with Crippen LogP contribution in [0.15, 0.2) is 48.5 Å². The minimum atomic E-state index is 0.167. The number of nitrogens with two attached hydrogens (primary N) is 1. The number of fused-ring (bicyclic) bond motifs is 1. The lowest BCUT2D eigenvalue weighted by Crippen LogP contribution is -2.05. The Kier molecular flexibility index (Phi) is 3.06. The summed E-state index contributed by atoms with van der Waals surface area (Å²) in [4.78, 5) is 4.37. The van der Waals surface area contributed by atoms with Crippen LogP contribution in [0, 0.1) is 0 Å². The molecule has 0 spiro atoms. The van der Waals surface area contributed by atoms with Gasteiger partial charge < -0.3 is 10.5 Å². The first-order chi connectivity index (χ1) is 9.65. The van der Waals surface area contributed by atoms with E-state index >= 15 is 0 Å². The van der Waals surface area contributed by atoms with Crippen molar-refractivity contribution >= 4 is 17.0 Å². The summed E-state index contributed by atoms with van der Waals surface area (Å²) in [6.45, 7) is 4.02. The summed E-state index contributed by atoms with van der Waals surface area (Å²) in [5.74, 6) is 1.34. The van der Waals surface area contributed by atoms with Crippen LogP contribution < -0.4 is 10.5 Å². The fourth-order valence-corrected chi connectivity index (χ4v) is 2.26. The summed E-state index contributed by atoms with van der Waals surface area (Å²) in [5.41, 5.74) is 8.90. The molecule has 20 heavy (non-hydrogen) atoms. The molecule has 0 aliphatic heterocycles. The van der Waals surface area contributed by atoms with E-state index in [1.807, 2.05) is 66.9 Å². The number of nitrogen functional groups attached to an aromatic ring is 1. The zero-order valence-corrected chi connectivity index (χ0v) is 11.6. The third kappa shape index (κ3) is 2.20. The SMILES string of the molecule is CC(C)Oc1ccc(-n2c(N)nc3ccccc32)cc1. The van der Waals surface area contributed by atoms with E-state index in [4.69, 9.17) is 10.5 Å². The van der Waals surface area contributed by atoms with E-state index < -0.39 is 0 Å². The zero-order valence-electron chi connectivity index (χ0n) is 11.6. The van der Waals surface area contributed by atoms with E-state index in [1.54, 1.807) is 0 Å². The number of imidazole rings is 1. The van der Waals surface area contributed by atoms with E-state index in [2.05, 4.69) is 4.98 Å². The quantitative estimate of drug-likeness (QED) is 0.791. The van der Waals surface area contributed by atoms with Crippen LogP contribution in [0.4, 0.5) is 5.95 Å². The lowest BCUT2D eigenvalue weighted by atomic mass is 10.2. The smallest absolute Gasteiger partial charge is 0.205 e. The topological polar surface area (TPSA) is 53.1 Å². The number of hydrogen-bond acceptors (Lipinski definition) is 3. The average Bonchev–Trinajstić information content (AvgIpc) is 2.75. The Balaban J connectivity index is 2.05. The standard InChI is InChI=1S/C16H17N3O/c1-11(2)20-13-9-7-12(8-10-13)19-15-6-4-3-5-14(15)18-16(19)17/h3-11H,1-2H3,(H2,17,18). The number of anilines is 1. The molecule has 0 bridgehead atoms. The minimum Gasteiger partial charge on any atom is -0.491 e. The molecule has 2 aromatic carbocycles. The van der Waals surface area contributed by atoms with Crippen molar-refractivity contribution in [1.82, 2.24) is 9.55 Å². The molecule has 2 N–H and O–H groups in total. The number of aromatic nitrogens is 2. The molecule has 0 amide bonds. The van der Waals surface area contributed by atoms with Crippen molar-refractivity contribution in [2.45, 2.75) is 20.0 Å². The first-order valence-corrected chi connectivity index (χ1v) is 6.65. The van der Waals surface area contributed by atoms with Crippen molar-refractivity contribution in [3.05, 3.63) is 48.5 Å². The summed E-state index contributed by atoms with van der Waals surface area (Å²) < 4.78 is 7.59. The normalized spacial score (nSPS) is 11.2. The van der Waals surface area contributed by atoms with Gasteiger partial charge >= 0.3 is 0 Å². The first-order valence-electron chi connectivity index (χ1n) is 6.65. The Morgan fingerprint density at radius 3 is 2.45 bits per heavy atom. The second kappa shape index (κ2) is 4.89. The van der Waals surface area contributed by atoms with Gasteiger partial charge in [0.05, 0.1) is 17.1 Å². The molecule has 0 saturated heterocycles. The van der Waals surface area contributed by atoms with Crippen LogP contribution in [0.1, 0.15) is 13.8 Å². The van der Waals surface area contributed by atoms with Gasteiger partial charge in [-0.25, -0.2) is 4.98 Å². The maximum absolute atomic E-state index is 6.02. The van der Waals surface area contributed by atoms with Crippen LogP contribution in [0.3, 0.4) is 0 Å². The second-order valence-corrected chi connectivity index (χ2v) is 4.95. The van der Waals surface area contributed by atoms with Crippen LogP contribution in [0.2, 0.25) is 0 Å². The molecule has 0 unspecified atom stereocenters. The van der Waals surface area contributed by atoms with Crippen molar-refractivity contribution in [3.8, 4) is 11.4 Å². The lowest BCUT2D eigenvalue weighted by Gasteiger charge is -2.11. The van der Waals surface area contributed by atoms with E-state index in [-0.39, 0.29) is 6.10 Å². The van der Waals surface area contributed by atoms with Crippen LogP contribution in [0.5, 0.6) is 5.75 Å². The highest BCUT2D eigenvalue weighted by atomic mass is 16.5. The van der Waals surface area contributed by atoms with Crippen molar-refractivity contribution in [2.24, 2.45) is 0 Å². The molecule has 0 saturated carbocycles. The fourth-order valence-electron chi connectivity index (χ4n) is 2.26. The Morgan fingerprint density at radius 1 is 1.05 bits per heavy atom. The van der Waals surface area contributed by atoms with E-state index in [1.165, 1.54) is 0 Å². The molecule has 0 fully saturated rings. The summed E-state index contributed by atoms with van der Waals surface area (Å²) in [5, 5.41) is 0. The molecule has 3 aromatic rings. The molecule has 3 rings (SSSR count). The Morgan fingerprint density at radius 2 is 1.75 bits per heavy atom. The number of rotatable bonds is 3. The highest BCUT2D eigenvalue weighted by Crippen LogP contribution is 2.24. The van der Waals surface area contributed by atoms with Crippen molar-refractivity contribution < 1.29 is 4.74 Å². The molecular formula is C16H17N3O. The molecule has 1 aromatic heterocycles. The molecule has 4 nitrogen and oxygen atoms in total. The van der Waals surface area contributed by atoms with Gasteiger partial charge in [-0.15, -0.1) is 0 Å². The van der Waals surface area contributed by atoms with Gasteiger partial charge in [0.25, 0.3) is 0 Å². The Hall–Kier alpha value is -2.49. The van der Waals surface area contributed by atoms with Gasteiger partial charge in [-0.2, -0.15) is 0 Å². The van der Waals surface area contributed by atoms with Gasteiger partial charge in [0.1, 0.15) is 5.75 Å². The molecule has 0 radical (unpaired) electrons. The van der Waals surface area contributed by atoms with Crippen LogP contribution in [-0.4, -0.2) is 15.7 Å². The van der Waals surface area contributed by atoms with E-state index in [0.717, 1.165) is 22.5 Å². The monoisotopic (exact) mass is 267 g/mol.